The van der Waals surface area contributed by atoms with Gasteiger partial charge >= 0.3 is 6.09 Å². The molecule has 1 aromatic carbocycles. The van der Waals surface area contributed by atoms with Crippen molar-refractivity contribution in [2.45, 2.75) is 26.4 Å². The molecule has 0 unspecified atom stereocenters. The number of nitrogens with zero attached hydrogens (tertiary/aromatic N) is 5. The van der Waals surface area contributed by atoms with E-state index in [4.69, 9.17) is 10.5 Å². The summed E-state index contributed by atoms with van der Waals surface area (Å²) in [6.45, 7) is 8.47. The molecule has 1 fully saturated rings. The standard InChI is InChI=1S/C21H25BrN6O2/c1-21(2,3)30-20(29)27-10-8-26(9-11-27)15-6-4-14(5-7-15)17-12-16(22)18-19(23)24-13-25-28(17)18/h4-7,12-13H,8-11H2,1-3H3,(H2,23,24,25). The number of rotatable bonds is 2. The number of benzene rings is 1. The molecule has 1 amide bonds. The van der Waals surface area contributed by atoms with Crippen LogP contribution in [0.4, 0.5) is 16.3 Å². The van der Waals surface area contributed by atoms with Gasteiger partial charge in [0.05, 0.1) is 5.69 Å². The molecule has 3 aromatic rings. The molecule has 0 saturated carbocycles. The summed E-state index contributed by atoms with van der Waals surface area (Å²) >= 11 is 3.55. The molecule has 0 spiro atoms. The zero-order valence-electron chi connectivity index (χ0n) is 17.3. The molecule has 1 saturated heterocycles. The van der Waals surface area contributed by atoms with Crippen molar-refractivity contribution < 1.29 is 9.53 Å². The third kappa shape index (κ3) is 4.07. The molecule has 8 nitrogen and oxygen atoms in total. The predicted molar refractivity (Wildman–Crippen MR) is 121 cm³/mol. The fourth-order valence-corrected chi connectivity index (χ4v) is 4.13. The summed E-state index contributed by atoms with van der Waals surface area (Å²) < 4.78 is 8.12. The van der Waals surface area contributed by atoms with Crippen molar-refractivity contribution in [2.75, 3.05) is 36.8 Å². The van der Waals surface area contributed by atoms with E-state index in [2.05, 4.69) is 55.2 Å². The van der Waals surface area contributed by atoms with Crippen LogP contribution in [0.5, 0.6) is 0 Å². The zero-order chi connectivity index (χ0) is 21.5. The number of ether oxygens (including phenoxy) is 1. The number of nitrogens with two attached hydrogens (primary N) is 1. The summed E-state index contributed by atoms with van der Waals surface area (Å²) in [5.74, 6) is 0.433. The van der Waals surface area contributed by atoms with Crippen LogP contribution in [0.1, 0.15) is 20.8 Å². The van der Waals surface area contributed by atoms with E-state index in [0.29, 0.717) is 18.9 Å². The van der Waals surface area contributed by atoms with E-state index in [0.717, 1.165) is 40.0 Å². The van der Waals surface area contributed by atoms with Crippen LogP contribution in [0.3, 0.4) is 0 Å². The number of anilines is 2. The number of aromatic nitrogens is 3. The van der Waals surface area contributed by atoms with Gasteiger partial charge in [0.15, 0.2) is 5.82 Å². The molecule has 0 bridgehead atoms. The van der Waals surface area contributed by atoms with E-state index in [-0.39, 0.29) is 6.09 Å². The minimum absolute atomic E-state index is 0.246. The highest BCUT2D eigenvalue weighted by Crippen LogP contribution is 2.32. The minimum atomic E-state index is -0.475. The van der Waals surface area contributed by atoms with Crippen molar-refractivity contribution in [1.82, 2.24) is 19.5 Å². The third-order valence-corrected chi connectivity index (χ3v) is 5.60. The van der Waals surface area contributed by atoms with Gasteiger partial charge in [0, 0.05) is 41.9 Å². The monoisotopic (exact) mass is 472 g/mol. The number of halogens is 1. The molecule has 9 heteroatoms. The van der Waals surface area contributed by atoms with Gasteiger partial charge in [-0.05, 0) is 54.9 Å². The number of piperazine rings is 1. The largest absolute Gasteiger partial charge is 0.444 e. The maximum absolute atomic E-state index is 12.3. The fraction of sp³-hybridized carbons (Fsp3) is 0.381. The van der Waals surface area contributed by atoms with Gasteiger partial charge in [0.2, 0.25) is 0 Å². The Morgan fingerprint density at radius 1 is 1.13 bits per heavy atom. The molecule has 2 aromatic heterocycles. The Hall–Kier alpha value is -2.81. The first-order valence-electron chi connectivity index (χ1n) is 9.84. The van der Waals surface area contributed by atoms with Crippen LogP contribution < -0.4 is 10.6 Å². The third-order valence-electron chi connectivity index (χ3n) is 5.00. The van der Waals surface area contributed by atoms with Crippen molar-refractivity contribution >= 4 is 39.0 Å². The number of hydrogen-bond donors (Lipinski definition) is 1. The highest BCUT2D eigenvalue weighted by Gasteiger charge is 2.26. The maximum atomic E-state index is 12.3. The van der Waals surface area contributed by atoms with E-state index < -0.39 is 5.60 Å². The first-order valence-corrected chi connectivity index (χ1v) is 10.6. The van der Waals surface area contributed by atoms with Crippen molar-refractivity contribution in [3.8, 4) is 11.3 Å². The van der Waals surface area contributed by atoms with Crippen molar-refractivity contribution in [3.05, 3.63) is 41.1 Å². The smallest absolute Gasteiger partial charge is 0.410 e. The first kappa shape index (κ1) is 20.5. The number of fused-ring (bicyclic) bond motifs is 1. The molecular formula is C21H25BrN6O2. The zero-order valence-corrected chi connectivity index (χ0v) is 18.9. The topological polar surface area (TPSA) is 89.0 Å². The molecule has 1 aliphatic heterocycles. The number of hydrogen-bond acceptors (Lipinski definition) is 6. The molecule has 0 radical (unpaired) electrons. The summed E-state index contributed by atoms with van der Waals surface area (Å²) in [7, 11) is 0. The molecule has 158 valence electrons. The molecule has 0 atom stereocenters. The molecule has 2 N–H and O–H groups in total. The van der Waals surface area contributed by atoms with E-state index >= 15 is 0 Å². The number of amides is 1. The quantitative estimate of drug-likeness (QED) is 0.609. The van der Waals surface area contributed by atoms with Crippen LogP contribution >= 0.6 is 15.9 Å². The molecule has 1 aliphatic rings. The van der Waals surface area contributed by atoms with Crippen LogP contribution in [0.25, 0.3) is 16.8 Å². The Kier molecular flexibility index (Phi) is 5.31. The molecular weight excluding hydrogens is 448 g/mol. The summed E-state index contributed by atoms with van der Waals surface area (Å²) in [5.41, 5.74) is 9.37. The second kappa shape index (κ2) is 7.79. The summed E-state index contributed by atoms with van der Waals surface area (Å²) in [6.07, 6.45) is 1.21. The van der Waals surface area contributed by atoms with Gasteiger partial charge in [0.1, 0.15) is 17.4 Å². The van der Waals surface area contributed by atoms with Crippen LogP contribution in [0.15, 0.2) is 41.1 Å². The fourth-order valence-electron chi connectivity index (χ4n) is 3.55. The van der Waals surface area contributed by atoms with Gasteiger partial charge in [-0.3, -0.25) is 0 Å². The maximum Gasteiger partial charge on any atom is 0.410 e. The van der Waals surface area contributed by atoms with Gasteiger partial charge < -0.3 is 20.3 Å². The van der Waals surface area contributed by atoms with Crippen LogP contribution in [-0.4, -0.2) is 57.4 Å². The van der Waals surface area contributed by atoms with Crippen molar-refractivity contribution in [2.24, 2.45) is 0 Å². The number of carbonyl (C=O) groups is 1. The first-order chi connectivity index (χ1) is 14.2. The van der Waals surface area contributed by atoms with E-state index in [9.17, 15) is 4.79 Å². The Balaban J connectivity index is 1.47. The lowest BCUT2D eigenvalue weighted by molar-refractivity contribution is 0.0240. The van der Waals surface area contributed by atoms with Crippen LogP contribution in [-0.2, 0) is 4.74 Å². The number of carbonyl (C=O) groups excluding carboxylic acids is 1. The van der Waals surface area contributed by atoms with Gasteiger partial charge in [-0.15, -0.1) is 0 Å². The van der Waals surface area contributed by atoms with Gasteiger partial charge in [0.25, 0.3) is 0 Å². The minimum Gasteiger partial charge on any atom is -0.444 e. The lowest BCUT2D eigenvalue weighted by Gasteiger charge is -2.36. The van der Waals surface area contributed by atoms with Gasteiger partial charge in [-0.1, -0.05) is 12.1 Å². The molecule has 3 heterocycles. The second-order valence-corrected chi connectivity index (χ2v) is 9.14. The summed E-state index contributed by atoms with van der Waals surface area (Å²) in [4.78, 5) is 20.4. The molecule has 4 rings (SSSR count). The summed E-state index contributed by atoms with van der Waals surface area (Å²) in [5, 5.41) is 4.34. The van der Waals surface area contributed by atoms with Crippen LogP contribution in [0.2, 0.25) is 0 Å². The Labute approximate surface area is 183 Å². The highest BCUT2D eigenvalue weighted by atomic mass is 79.9. The average molecular weight is 473 g/mol. The van der Waals surface area contributed by atoms with Gasteiger partial charge in [-0.2, -0.15) is 5.10 Å². The lowest BCUT2D eigenvalue weighted by Crippen LogP contribution is -2.50. The van der Waals surface area contributed by atoms with Crippen LogP contribution in [0, 0.1) is 0 Å². The Morgan fingerprint density at radius 2 is 1.80 bits per heavy atom. The van der Waals surface area contributed by atoms with E-state index in [1.807, 2.05) is 26.8 Å². The Morgan fingerprint density at radius 3 is 2.43 bits per heavy atom. The predicted octanol–water partition coefficient (Wildman–Crippen LogP) is 3.80. The SMILES string of the molecule is CC(C)(C)OC(=O)N1CCN(c2ccc(-c3cc(Br)c4c(N)ncnn34)cc2)CC1. The average Bonchev–Trinajstić information content (AvgIpc) is 3.05. The van der Waals surface area contributed by atoms with E-state index in [1.54, 1.807) is 9.42 Å². The van der Waals surface area contributed by atoms with Crippen molar-refractivity contribution in [1.29, 1.82) is 0 Å². The number of nitrogen functional groups attached to an aromatic ring is 1. The van der Waals surface area contributed by atoms with E-state index in [1.165, 1.54) is 6.33 Å². The molecule has 30 heavy (non-hydrogen) atoms. The Bertz CT molecular complexity index is 1070. The summed E-state index contributed by atoms with van der Waals surface area (Å²) in [6, 6.07) is 10.3. The normalized spacial score (nSPS) is 14.9. The lowest BCUT2D eigenvalue weighted by atomic mass is 10.1. The molecule has 0 aliphatic carbocycles. The second-order valence-electron chi connectivity index (χ2n) is 8.28. The highest BCUT2D eigenvalue weighted by molar-refractivity contribution is 9.10. The van der Waals surface area contributed by atoms with Crippen molar-refractivity contribution in [3.63, 3.8) is 0 Å². The van der Waals surface area contributed by atoms with Gasteiger partial charge in [-0.25, -0.2) is 14.3 Å².